The molecule has 3 heterocycles. The predicted molar refractivity (Wildman–Crippen MR) is 105 cm³/mol. The Morgan fingerprint density at radius 2 is 2.12 bits per heavy atom. The monoisotopic (exact) mass is 459 g/mol. The summed E-state index contributed by atoms with van der Waals surface area (Å²) in [5.74, 6) is 0.956. The number of carbonyl (C=O) groups excluding carboxylic acids is 1. The molecule has 1 aromatic rings. The first-order valence-electron chi connectivity index (χ1n) is 8.70. The number of aliphatic hydroxyl groups is 1. The van der Waals surface area contributed by atoms with E-state index < -0.39 is 11.7 Å². The highest BCUT2D eigenvalue weighted by atomic mass is 127. The molecule has 0 aromatic carbocycles. The molecule has 3 rings (SSSR count). The van der Waals surface area contributed by atoms with Crippen molar-refractivity contribution in [2.75, 3.05) is 18.0 Å². The SMILES string of the molecule is C[C@@H]1CN(C(=O)OC(C)(C)C)C[C@H]2Cc3cc(I)c([C@@H](C)O)nc3N21. The lowest BCUT2D eigenvalue weighted by Crippen LogP contribution is -2.58. The van der Waals surface area contributed by atoms with Crippen molar-refractivity contribution in [1.82, 2.24) is 9.88 Å². The summed E-state index contributed by atoms with van der Waals surface area (Å²) < 4.78 is 6.53. The second-order valence-corrected chi connectivity index (χ2v) is 9.18. The summed E-state index contributed by atoms with van der Waals surface area (Å²) in [6.07, 6.45) is 0.0268. The first-order chi connectivity index (χ1) is 11.6. The van der Waals surface area contributed by atoms with E-state index in [1.165, 1.54) is 5.56 Å². The third-order valence-corrected chi connectivity index (χ3v) is 5.45. The summed E-state index contributed by atoms with van der Waals surface area (Å²) in [6.45, 7) is 10.8. The van der Waals surface area contributed by atoms with Crippen LogP contribution in [0.5, 0.6) is 0 Å². The minimum atomic E-state index is -0.588. The van der Waals surface area contributed by atoms with E-state index in [9.17, 15) is 9.90 Å². The summed E-state index contributed by atoms with van der Waals surface area (Å²) in [5, 5.41) is 9.97. The maximum absolute atomic E-state index is 12.5. The minimum Gasteiger partial charge on any atom is -0.444 e. The third kappa shape index (κ3) is 3.72. The van der Waals surface area contributed by atoms with Gasteiger partial charge in [0.1, 0.15) is 11.4 Å². The molecule has 0 unspecified atom stereocenters. The Balaban J connectivity index is 1.83. The fourth-order valence-corrected chi connectivity index (χ4v) is 4.60. The van der Waals surface area contributed by atoms with Crippen molar-refractivity contribution in [2.45, 2.75) is 64.8 Å². The van der Waals surface area contributed by atoms with Gasteiger partial charge in [0.2, 0.25) is 0 Å². The number of anilines is 1. The van der Waals surface area contributed by atoms with Gasteiger partial charge in [-0.25, -0.2) is 9.78 Å². The Hall–Kier alpha value is -1.09. The third-order valence-electron chi connectivity index (χ3n) is 4.59. The molecular formula is C18H26IN3O3. The molecule has 0 spiro atoms. The van der Waals surface area contributed by atoms with E-state index in [0.717, 1.165) is 21.5 Å². The zero-order valence-electron chi connectivity index (χ0n) is 15.4. The van der Waals surface area contributed by atoms with Crippen LogP contribution in [0.25, 0.3) is 0 Å². The topological polar surface area (TPSA) is 65.9 Å². The number of halogens is 1. The number of pyridine rings is 1. The molecule has 1 N–H and O–H groups in total. The highest BCUT2D eigenvalue weighted by Crippen LogP contribution is 2.37. The van der Waals surface area contributed by atoms with Crippen molar-refractivity contribution in [3.8, 4) is 0 Å². The zero-order chi connectivity index (χ0) is 18.5. The Labute approximate surface area is 162 Å². The van der Waals surface area contributed by atoms with E-state index in [0.29, 0.717) is 13.1 Å². The second-order valence-electron chi connectivity index (χ2n) is 8.01. The Bertz CT molecular complexity index is 687. The molecule has 2 aliphatic rings. The molecule has 0 aliphatic carbocycles. The van der Waals surface area contributed by atoms with Crippen LogP contribution in [0, 0.1) is 3.57 Å². The van der Waals surface area contributed by atoms with E-state index in [1.54, 1.807) is 6.92 Å². The number of amides is 1. The molecule has 1 amide bonds. The highest BCUT2D eigenvalue weighted by Gasteiger charge is 2.41. The van der Waals surface area contributed by atoms with Gasteiger partial charge in [0, 0.05) is 22.7 Å². The lowest BCUT2D eigenvalue weighted by Gasteiger charge is -2.43. The summed E-state index contributed by atoms with van der Waals surface area (Å²) in [6, 6.07) is 2.48. The molecule has 6 nitrogen and oxygen atoms in total. The maximum Gasteiger partial charge on any atom is 0.410 e. The van der Waals surface area contributed by atoms with Crippen molar-refractivity contribution in [1.29, 1.82) is 0 Å². The molecule has 0 bridgehead atoms. The lowest BCUT2D eigenvalue weighted by atomic mass is 10.1. The minimum absolute atomic E-state index is 0.155. The summed E-state index contributed by atoms with van der Waals surface area (Å²) in [7, 11) is 0. The molecule has 1 fully saturated rings. The van der Waals surface area contributed by atoms with Gasteiger partial charge in [0.15, 0.2) is 0 Å². The van der Waals surface area contributed by atoms with Crippen LogP contribution in [0.3, 0.4) is 0 Å². The van der Waals surface area contributed by atoms with Crippen LogP contribution in [0.1, 0.15) is 52.0 Å². The van der Waals surface area contributed by atoms with Crippen LogP contribution < -0.4 is 4.90 Å². The van der Waals surface area contributed by atoms with Gasteiger partial charge in [-0.3, -0.25) is 0 Å². The van der Waals surface area contributed by atoms with Gasteiger partial charge in [-0.1, -0.05) is 0 Å². The fourth-order valence-electron chi connectivity index (χ4n) is 3.66. The highest BCUT2D eigenvalue weighted by molar-refractivity contribution is 14.1. The summed E-state index contributed by atoms with van der Waals surface area (Å²) >= 11 is 2.23. The van der Waals surface area contributed by atoms with Crippen molar-refractivity contribution in [3.05, 3.63) is 20.9 Å². The number of piperazine rings is 1. The van der Waals surface area contributed by atoms with Gasteiger partial charge in [-0.05, 0) is 75.3 Å². The number of aliphatic hydroxyl groups excluding tert-OH is 1. The van der Waals surface area contributed by atoms with E-state index in [2.05, 4.69) is 40.5 Å². The van der Waals surface area contributed by atoms with Crippen LogP contribution in [-0.2, 0) is 11.2 Å². The van der Waals surface area contributed by atoms with Gasteiger partial charge < -0.3 is 19.6 Å². The standard InChI is InChI=1S/C18H26IN3O3/c1-10-8-21(17(24)25-18(3,4)5)9-13-6-12-7-14(19)15(11(2)23)20-16(12)22(10)13/h7,10-11,13,23H,6,8-9H2,1-5H3/t10-,11-,13-/m1/s1. The Kier molecular flexibility index (Phi) is 4.91. The zero-order valence-corrected chi connectivity index (χ0v) is 17.6. The number of ether oxygens (including phenoxy) is 1. The average Bonchev–Trinajstić information content (AvgIpc) is 2.81. The van der Waals surface area contributed by atoms with Gasteiger partial charge >= 0.3 is 6.09 Å². The summed E-state index contributed by atoms with van der Waals surface area (Å²) in [4.78, 5) is 21.3. The van der Waals surface area contributed by atoms with Crippen molar-refractivity contribution in [2.24, 2.45) is 0 Å². The van der Waals surface area contributed by atoms with Gasteiger partial charge in [0.25, 0.3) is 0 Å². The molecule has 1 aromatic heterocycles. The van der Waals surface area contributed by atoms with E-state index in [4.69, 9.17) is 9.72 Å². The smallest absolute Gasteiger partial charge is 0.410 e. The molecule has 138 valence electrons. The fraction of sp³-hybridized carbons (Fsp3) is 0.667. The number of hydrogen-bond acceptors (Lipinski definition) is 5. The van der Waals surface area contributed by atoms with Gasteiger partial charge in [-0.15, -0.1) is 0 Å². The van der Waals surface area contributed by atoms with Crippen LogP contribution >= 0.6 is 22.6 Å². The summed E-state index contributed by atoms with van der Waals surface area (Å²) in [5.41, 5.74) is 1.43. The maximum atomic E-state index is 12.5. The molecule has 25 heavy (non-hydrogen) atoms. The van der Waals surface area contributed by atoms with Crippen molar-refractivity contribution in [3.63, 3.8) is 0 Å². The van der Waals surface area contributed by atoms with E-state index in [1.807, 2.05) is 25.7 Å². The van der Waals surface area contributed by atoms with E-state index >= 15 is 0 Å². The van der Waals surface area contributed by atoms with Gasteiger partial charge in [0.05, 0.1) is 17.8 Å². The van der Waals surface area contributed by atoms with Crippen LogP contribution in [0.15, 0.2) is 6.07 Å². The molecule has 7 heteroatoms. The molecule has 0 saturated carbocycles. The number of fused-ring (bicyclic) bond motifs is 3. The van der Waals surface area contributed by atoms with Crippen molar-refractivity contribution < 1.29 is 14.6 Å². The average molecular weight is 459 g/mol. The number of carbonyl (C=O) groups is 1. The Morgan fingerprint density at radius 1 is 1.44 bits per heavy atom. The first-order valence-corrected chi connectivity index (χ1v) is 9.78. The number of aromatic nitrogens is 1. The quantitative estimate of drug-likeness (QED) is 0.654. The van der Waals surface area contributed by atoms with Crippen LogP contribution in [0.4, 0.5) is 10.6 Å². The van der Waals surface area contributed by atoms with Crippen LogP contribution in [-0.4, -0.2) is 51.9 Å². The number of hydrogen-bond donors (Lipinski definition) is 1. The van der Waals surface area contributed by atoms with Gasteiger partial charge in [-0.2, -0.15) is 0 Å². The first kappa shape index (κ1) is 18.7. The normalized spacial score (nSPS) is 24.0. The largest absolute Gasteiger partial charge is 0.444 e. The molecule has 1 saturated heterocycles. The number of rotatable bonds is 1. The predicted octanol–water partition coefficient (Wildman–Crippen LogP) is 3.11. The van der Waals surface area contributed by atoms with E-state index in [-0.39, 0.29) is 18.2 Å². The Morgan fingerprint density at radius 3 is 2.72 bits per heavy atom. The molecular weight excluding hydrogens is 433 g/mol. The molecule has 3 atom stereocenters. The number of nitrogens with zero attached hydrogens (tertiary/aromatic N) is 3. The molecule has 2 aliphatic heterocycles. The lowest BCUT2D eigenvalue weighted by molar-refractivity contribution is 0.0191. The van der Waals surface area contributed by atoms with Crippen molar-refractivity contribution >= 4 is 34.5 Å². The van der Waals surface area contributed by atoms with Crippen LogP contribution in [0.2, 0.25) is 0 Å². The second kappa shape index (κ2) is 6.57. The molecule has 0 radical (unpaired) electrons.